The third kappa shape index (κ3) is 5.23. The second-order valence-electron chi connectivity index (χ2n) is 10.2. The van der Waals surface area contributed by atoms with Crippen molar-refractivity contribution in [2.24, 2.45) is 23.2 Å². The van der Waals surface area contributed by atoms with Crippen LogP contribution < -0.4 is 10.6 Å². The molecular formula is C21H34N2O4. The molecule has 6 nitrogen and oxygen atoms in total. The molecule has 27 heavy (non-hydrogen) atoms. The average Bonchev–Trinajstić information content (AvgIpc) is 2.49. The molecule has 0 heterocycles. The van der Waals surface area contributed by atoms with Gasteiger partial charge in [0.05, 0.1) is 0 Å². The van der Waals surface area contributed by atoms with Gasteiger partial charge in [0.15, 0.2) is 6.10 Å². The Labute approximate surface area is 162 Å². The van der Waals surface area contributed by atoms with E-state index in [1.165, 1.54) is 45.4 Å². The molecule has 0 aliphatic heterocycles. The molecule has 0 aromatic carbocycles. The highest BCUT2D eigenvalue weighted by Gasteiger charge is 2.51. The van der Waals surface area contributed by atoms with Gasteiger partial charge in [0.25, 0.3) is 5.91 Å². The van der Waals surface area contributed by atoms with Crippen molar-refractivity contribution in [1.82, 2.24) is 10.6 Å². The van der Waals surface area contributed by atoms with E-state index >= 15 is 0 Å². The molecule has 2 amide bonds. The van der Waals surface area contributed by atoms with E-state index in [0.717, 1.165) is 17.8 Å². The number of rotatable bonds is 6. The van der Waals surface area contributed by atoms with Crippen LogP contribution in [0, 0.1) is 23.2 Å². The Morgan fingerprint density at radius 2 is 1.56 bits per heavy atom. The predicted molar refractivity (Wildman–Crippen MR) is 102 cm³/mol. The summed E-state index contributed by atoms with van der Waals surface area (Å²) < 4.78 is 5.14. The first-order chi connectivity index (χ1) is 12.5. The van der Waals surface area contributed by atoms with Gasteiger partial charge >= 0.3 is 5.97 Å². The van der Waals surface area contributed by atoms with Gasteiger partial charge in [-0.25, -0.2) is 0 Å². The molecule has 0 aromatic heterocycles. The second-order valence-corrected chi connectivity index (χ2v) is 10.2. The highest BCUT2D eigenvalue weighted by molar-refractivity contribution is 5.86. The Kier molecular flexibility index (Phi) is 5.55. The lowest BCUT2D eigenvalue weighted by atomic mass is 9.49. The van der Waals surface area contributed by atoms with Crippen molar-refractivity contribution < 1.29 is 19.1 Å². The van der Waals surface area contributed by atoms with Crippen LogP contribution in [-0.2, 0) is 19.1 Å². The topological polar surface area (TPSA) is 84.5 Å². The lowest BCUT2D eigenvalue weighted by Crippen LogP contribution is -2.48. The molecular weight excluding hydrogens is 344 g/mol. The normalized spacial score (nSPS) is 32.7. The van der Waals surface area contributed by atoms with Crippen LogP contribution in [0.5, 0.6) is 0 Å². The minimum Gasteiger partial charge on any atom is -0.451 e. The van der Waals surface area contributed by atoms with Crippen molar-refractivity contribution in [2.45, 2.75) is 84.3 Å². The van der Waals surface area contributed by atoms with Crippen LogP contribution in [0.1, 0.15) is 72.6 Å². The maximum Gasteiger partial charge on any atom is 0.326 e. The number of amides is 2. The summed E-state index contributed by atoms with van der Waals surface area (Å²) in [5.74, 6) is 1.42. The molecule has 2 N–H and O–H groups in total. The van der Waals surface area contributed by atoms with Crippen molar-refractivity contribution in [1.29, 1.82) is 0 Å². The summed E-state index contributed by atoms with van der Waals surface area (Å²) in [6, 6.07) is 0. The fourth-order valence-corrected chi connectivity index (χ4v) is 5.84. The molecule has 6 heteroatoms. The number of hydrogen-bond donors (Lipinski definition) is 2. The fourth-order valence-electron chi connectivity index (χ4n) is 5.84. The number of carbonyl (C=O) groups is 3. The van der Waals surface area contributed by atoms with Gasteiger partial charge in [-0.15, -0.1) is 0 Å². The molecule has 4 fully saturated rings. The van der Waals surface area contributed by atoms with Gasteiger partial charge in [0, 0.05) is 12.0 Å². The molecule has 0 saturated heterocycles. The molecule has 4 aliphatic rings. The third-order valence-electron chi connectivity index (χ3n) is 6.31. The number of nitrogens with one attached hydrogen (secondary N) is 2. The summed E-state index contributed by atoms with van der Waals surface area (Å²) in [6.45, 7) is 6.95. The van der Waals surface area contributed by atoms with Crippen LogP contribution in [0.15, 0.2) is 0 Å². The van der Waals surface area contributed by atoms with Gasteiger partial charge in [-0.2, -0.15) is 0 Å². The maximum absolute atomic E-state index is 12.4. The van der Waals surface area contributed by atoms with Crippen molar-refractivity contribution in [3.05, 3.63) is 0 Å². The first-order valence-corrected chi connectivity index (χ1v) is 10.3. The molecule has 4 bridgehead atoms. The van der Waals surface area contributed by atoms with E-state index in [1.807, 2.05) is 20.8 Å². The first-order valence-electron chi connectivity index (χ1n) is 10.3. The first kappa shape index (κ1) is 20.2. The lowest BCUT2D eigenvalue weighted by molar-refractivity contribution is -0.155. The minimum absolute atomic E-state index is 0.0688. The summed E-state index contributed by atoms with van der Waals surface area (Å²) in [5.41, 5.74) is -0.230. The van der Waals surface area contributed by atoms with E-state index in [-0.39, 0.29) is 29.3 Å². The zero-order valence-corrected chi connectivity index (χ0v) is 17.1. The molecule has 1 atom stereocenters. The van der Waals surface area contributed by atoms with Crippen molar-refractivity contribution >= 4 is 17.8 Å². The van der Waals surface area contributed by atoms with Crippen LogP contribution in [0.4, 0.5) is 0 Å². The van der Waals surface area contributed by atoms with Crippen LogP contribution in [0.3, 0.4) is 0 Å². The van der Waals surface area contributed by atoms with Crippen molar-refractivity contribution in [2.75, 3.05) is 6.54 Å². The van der Waals surface area contributed by atoms with Crippen molar-refractivity contribution in [3.8, 4) is 0 Å². The summed E-state index contributed by atoms with van der Waals surface area (Å²) >= 11 is 0. The molecule has 0 spiro atoms. The van der Waals surface area contributed by atoms with E-state index in [2.05, 4.69) is 10.6 Å². The number of ether oxygens (including phenoxy) is 1. The van der Waals surface area contributed by atoms with Crippen LogP contribution in [0.25, 0.3) is 0 Å². The number of carbonyl (C=O) groups excluding carboxylic acids is 3. The van der Waals surface area contributed by atoms with Gasteiger partial charge in [0.1, 0.15) is 6.54 Å². The highest BCUT2D eigenvalue weighted by Crippen LogP contribution is 2.61. The Morgan fingerprint density at radius 3 is 2.04 bits per heavy atom. The van der Waals surface area contributed by atoms with E-state index in [1.54, 1.807) is 0 Å². The van der Waals surface area contributed by atoms with Gasteiger partial charge in [-0.1, -0.05) is 0 Å². The van der Waals surface area contributed by atoms with Crippen LogP contribution >= 0.6 is 0 Å². The van der Waals surface area contributed by atoms with Gasteiger partial charge in [-0.05, 0) is 89.4 Å². The Morgan fingerprint density at radius 1 is 1.04 bits per heavy atom. The molecule has 0 aromatic rings. The largest absolute Gasteiger partial charge is 0.451 e. The van der Waals surface area contributed by atoms with Crippen LogP contribution in [-0.4, -0.2) is 36.0 Å². The zero-order valence-electron chi connectivity index (χ0n) is 17.1. The molecule has 152 valence electrons. The summed E-state index contributed by atoms with van der Waals surface area (Å²) in [4.78, 5) is 36.4. The number of hydrogen-bond acceptors (Lipinski definition) is 4. The summed E-state index contributed by atoms with van der Waals surface area (Å²) in [6.07, 6.45) is 7.19. The molecule has 4 saturated carbocycles. The molecule has 4 aliphatic carbocycles. The van der Waals surface area contributed by atoms with Gasteiger partial charge < -0.3 is 15.4 Å². The van der Waals surface area contributed by atoms with E-state index in [9.17, 15) is 14.4 Å². The second kappa shape index (κ2) is 7.44. The zero-order chi connectivity index (χ0) is 19.8. The van der Waals surface area contributed by atoms with E-state index in [4.69, 9.17) is 4.74 Å². The van der Waals surface area contributed by atoms with Gasteiger partial charge in [-0.3, -0.25) is 14.4 Å². The monoisotopic (exact) mass is 378 g/mol. The SMILES string of the molecule is CC(OC(=O)CNC(=O)CC12CC3CC(CC(C3)C1)C2)C(=O)NC(C)(C)C. The minimum atomic E-state index is -0.878. The Bertz CT molecular complexity index is 573. The Hall–Kier alpha value is -1.59. The smallest absolute Gasteiger partial charge is 0.326 e. The van der Waals surface area contributed by atoms with Crippen LogP contribution in [0.2, 0.25) is 0 Å². The number of esters is 1. The standard InChI is InChI=1S/C21H34N2O4/c1-13(19(26)23-20(2,3)4)27-18(25)12-22-17(24)11-21-8-14-5-15(9-21)7-16(6-14)10-21/h13-16H,5-12H2,1-4H3,(H,22,24)(H,23,26). The fraction of sp³-hybridized carbons (Fsp3) is 0.857. The van der Waals surface area contributed by atoms with E-state index < -0.39 is 12.1 Å². The summed E-state index contributed by atoms with van der Waals surface area (Å²) in [5, 5.41) is 5.48. The molecule has 1 unspecified atom stereocenters. The average molecular weight is 379 g/mol. The van der Waals surface area contributed by atoms with Crippen molar-refractivity contribution in [3.63, 3.8) is 0 Å². The maximum atomic E-state index is 12.4. The van der Waals surface area contributed by atoms with Gasteiger partial charge in [0.2, 0.25) is 5.91 Å². The molecule has 4 rings (SSSR count). The molecule has 0 radical (unpaired) electrons. The Balaban J connectivity index is 1.41. The quantitative estimate of drug-likeness (QED) is 0.696. The predicted octanol–water partition coefficient (Wildman–Crippen LogP) is 2.56. The third-order valence-corrected chi connectivity index (χ3v) is 6.31. The highest BCUT2D eigenvalue weighted by atomic mass is 16.5. The lowest BCUT2D eigenvalue weighted by Gasteiger charge is -2.56. The summed E-state index contributed by atoms with van der Waals surface area (Å²) in [7, 11) is 0. The van der Waals surface area contributed by atoms with E-state index in [0.29, 0.717) is 6.42 Å².